The number of methoxy groups -OCH3 is 1. The zero-order valence-corrected chi connectivity index (χ0v) is 11.1. The Kier molecular flexibility index (Phi) is 3.50. The molecule has 1 amide bonds. The SMILES string of the molecule is C#C[C@@]1([C@@H](C)O)CN(Cc2ccc(OC)cc2)C1=O. The summed E-state index contributed by atoms with van der Waals surface area (Å²) in [5.74, 6) is 3.04. The Balaban J connectivity index is 2.03. The van der Waals surface area contributed by atoms with Crippen molar-refractivity contribution < 1.29 is 14.6 Å². The molecule has 4 nitrogen and oxygen atoms in total. The van der Waals surface area contributed by atoms with E-state index in [0.717, 1.165) is 11.3 Å². The smallest absolute Gasteiger partial charge is 0.245 e. The van der Waals surface area contributed by atoms with Crippen LogP contribution in [0.4, 0.5) is 0 Å². The molecule has 1 heterocycles. The van der Waals surface area contributed by atoms with E-state index in [1.54, 1.807) is 18.9 Å². The topological polar surface area (TPSA) is 49.8 Å². The van der Waals surface area contributed by atoms with E-state index in [0.29, 0.717) is 13.1 Å². The predicted molar refractivity (Wildman–Crippen MR) is 71.4 cm³/mol. The van der Waals surface area contributed by atoms with E-state index in [2.05, 4.69) is 5.92 Å². The summed E-state index contributed by atoms with van der Waals surface area (Å²) >= 11 is 0. The van der Waals surface area contributed by atoms with Crippen LogP contribution < -0.4 is 4.74 Å². The minimum atomic E-state index is -1.04. The molecule has 1 saturated heterocycles. The van der Waals surface area contributed by atoms with Crippen LogP contribution in [0.15, 0.2) is 24.3 Å². The molecule has 0 aromatic heterocycles. The van der Waals surface area contributed by atoms with Crippen molar-refractivity contribution in [1.29, 1.82) is 0 Å². The number of hydrogen-bond acceptors (Lipinski definition) is 3. The van der Waals surface area contributed by atoms with Crippen LogP contribution in [0.2, 0.25) is 0 Å². The van der Waals surface area contributed by atoms with Gasteiger partial charge in [0.15, 0.2) is 5.41 Å². The molecule has 1 fully saturated rings. The van der Waals surface area contributed by atoms with Gasteiger partial charge in [0.1, 0.15) is 5.75 Å². The van der Waals surface area contributed by atoms with E-state index >= 15 is 0 Å². The van der Waals surface area contributed by atoms with Crippen LogP contribution in [-0.2, 0) is 11.3 Å². The Labute approximate surface area is 113 Å². The summed E-state index contributed by atoms with van der Waals surface area (Å²) in [6.07, 6.45) is 4.56. The second kappa shape index (κ2) is 4.94. The number of aliphatic hydroxyl groups excluding tert-OH is 1. The average Bonchev–Trinajstić information content (AvgIpc) is 2.42. The third-order valence-corrected chi connectivity index (χ3v) is 3.61. The second-order valence-corrected chi connectivity index (χ2v) is 4.80. The van der Waals surface area contributed by atoms with Crippen LogP contribution in [-0.4, -0.2) is 35.7 Å². The number of β-lactam (4-membered cyclic amide) rings is 1. The standard InChI is InChI=1S/C15H17NO3/c1-4-15(11(2)17)10-16(14(15)18)9-12-5-7-13(19-3)8-6-12/h1,5-8,11,17H,9-10H2,2-3H3/t11-,15+/m1/s1. The third kappa shape index (κ3) is 2.18. The molecule has 2 rings (SSSR count). The Morgan fingerprint density at radius 3 is 2.58 bits per heavy atom. The lowest BCUT2D eigenvalue weighted by Gasteiger charge is -2.47. The number of ether oxygens (including phenoxy) is 1. The molecule has 1 aromatic carbocycles. The highest BCUT2D eigenvalue weighted by molar-refractivity contribution is 5.92. The van der Waals surface area contributed by atoms with Crippen molar-refractivity contribution in [3.8, 4) is 18.1 Å². The third-order valence-electron chi connectivity index (χ3n) is 3.61. The average molecular weight is 259 g/mol. The zero-order chi connectivity index (χ0) is 14.0. The lowest BCUT2D eigenvalue weighted by molar-refractivity contribution is -0.163. The molecular weight excluding hydrogens is 242 g/mol. The highest BCUT2D eigenvalue weighted by Gasteiger charge is 2.54. The van der Waals surface area contributed by atoms with Crippen LogP contribution in [0.3, 0.4) is 0 Å². The van der Waals surface area contributed by atoms with Gasteiger partial charge in [-0.25, -0.2) is 0 Å². The number of rotatable bonds is 4. The van der Waals surface area contributed by atoms with Crippen LogP contribution in [0.5, 0.6) is 5.75 Å². The van der Waals surface area contributed by atoms with E-state index in [1.807, 2.05) is 24.3 Å². The highest BCUT2D eigenvalue weighted by Crippen LogP contribution is 2.36. The van der Waals surface area contributed by atoms with Crippen molar-refractivity contribution in [3.05, 3.63) is 29.8 Å². The summed E-state index contributed by atoms with van der Waals surface area (Å²) in [4.78, 5) is 13.7. The Morgan fingerprint density at radius 2 is 2.16 bits per heavy atom. The maximum absolute atomic E-state index is 12.1. The fourth-order valence-electron chi connectivity index (χ4n) is 2.25. The number of hydrogen-bond donors (Lipinski definition) is 1. The summed E-state index contributed by atoms with van der Waals surface area (Å²) in [6.45, 7) is 2.45. The molecule has 1 aliphatic heterocycles. The van der Waals surface area contributed by atoms with Crippen LogP contribution in [0.25, 0.3) is 0 Å². The van der Waals surface area contributed by atoms with Gasteiger partial charge in [-0.1, -0.05) is 18.1 Å². The zero-order valence-electron chi connectivity index (χ0n) is 11.1. The van der Waals surface area contributed by atoms with Gasteiger partial charge >= 0.3 is 0 Å². The van der Waals surface area contributed by atoms with Crippen molar-refractivity contribution in [2.75, 3.05) is 13.7 Å². The maximum atomic E-state index is 12.1. The van der Waals surface area contributed by atoms with E-state index in [9.17, 15) is 9.90 Å². The quantitative estimate of drug-likeness (QED) is 0.649. The number of carbonyl (C=O) groups is 1. The lowest BCUT2D eigenvalue weighted by atomic mass is 9.75. The fourth-order valence-corrected chi connectivity index (χ4v) is 2.25. The first-order valence-corrected chi connectivity index (χ1v) is 6.11. The van der Waals surface area contributed by atoms with Gasteiger partial charge in [0.25, 0.3) is 0 Å². The van der Waals surface area contributed by atoms with E-state index in [-0.39, 0.29) is 5.91 Å². The summed E-state index contributed by atoms with van der Waals surface area (Å²) in [5, 5.41) is 9.64. The number of benzene rings is 1. The molecule has 2 atom stereocenters. The molecule has 0 spiro atoms. The van der Waals surface area contributed by atoms with Gasteiger partial charge in [-0.15, -0.1) is 6.42 Å². The highest BCUT2D eigenvalue weighted by atomic mass is 16.5. The van der Waals surface area contributed by atoms with Gasteiger partial charge in [-0.3, -0.25) is 4.79 Å². The van der Waals surface area contributed by atoms with Crippen molar-refractivity contribution in [3.63, 3.8) is 0 Å². The number of aliphatic hydroxyl groups is 1. The van der Waals surface area contributed by atoms with Gasteiger partial charge in [-0.2, -0.15) is 0 Å². The first kappa shape index (κ1) is 13.4. The predicted octanol–water partition coefficient (Wildman–Crippen LogP) is 1.04. The molecule has 1 N–H and O–H groups in total. The first-order valence-electron chi connectivity index (χ1n) is 6.11. The molecule has 0 saturated carbocycles. The monoisotopic (exact) mass is 259 g/mol. The van der Waals surface area contributed by atoms with E-state index in [4.69, 9.17) is 11.2 Å². The molecule has 0 aliphatic carbocycles. The Bertz CT molecular complexity index is 515. The van der Waals surface area contributed by atoms with Crippen molar-refractivity contribution in [1.82, 2.24) is 4.90 Å². The van der Waals surface area contributed by atoms with E-state index < -0.39 is 11.5 Å². The largest absolute Gasteiger partial charge is 0.497 e. The van der Waals surface area contributed by atoms with Crippen LogP contribution >= 0.6 is 0 Å². The molecule has 0 bridgehead atoms. The fraction of sp³-hybridized carbons (Fsp3) is 0.400. The summed E-state index contributed by atoms with van der Waals surface area (Å²) < 4.78 is 5.08. The van der Waals surface area contributed by atoms with Gasteiger partial charge in [-0.05, 0) is 24.6 Å². The number of amides is 1. The van der Waals surface area contributed by atoms with Crippen molar-refractivity contribution in [2.24, 2.45) is 5.41 Å². The minimum absolute atomic E-state index is 0.180. The molecule has 4 heteroatoms. The maximum Gasteiger partial charge on any atom is 0.245 e. The molecule has 19 heavy (non-hydrogen) atoms. The molecule has 100 valence electrons. The van der Waals surface area contributed by atoms with Crippen LogP contribution in [0.1, 0.15) is 12.5 Å². The van der Waals surface area contributed by atoms with Crippen molar-refractivity contribution >= 4 is 5.91 Å². The summed E-state index contributed by atoms with van der Waals surface area (Å²) in [5.41, 5.74) is -0.0303. The molecule has 1 aliphatic rings. The number of likely N-dealkylation sites (tertiary alicyclic amines) is 1. The van der Waals surface area contributed by atoms with Crippen molar-refractivity contribution in [2.45, 2.75) is 19.6 Å². The second-order valence-electron chi connectivity index (χ2n) is 4.80. The lowest BCUT2D eigenvalue weighted by Crippen LogP contribution is -2.64. The normalized spacial score (nSPS) is 23.5. The molecule has 0 unspecified atom stereocenters. The Morgan fingerprint density at radius 1 is 1.53 bits per heavy atom. The van der Waals surface area contributed by atoms with Crippen LogP contribution in [0, 0.1) is 17.8 Å². The molecular formula is C15H17NO3. The summed E-state index contributed by atoms with van der Waals surface area (Å²) in [6, 6.07) is 7.51. The molecule has 1 aromatic rings. The Hall–Kier alpha value is -1.99. The number of terminal acetylenes is 1. The van der Waals surface area contributed by atoms with E-state index in [1.165, 1.54) is 0 Å². The number of carbonyl (C=O) groups excluding carboxylic acids is 1. The minimum Gasteiger partial charge on any atom is -0.497 e. The van der Waals surface area contributed by atoms with Gasteiger partial charge in [0.05, 0.1) is 13.2 Å². The van der Waals surface area contributed by atoms with Gasteiger partial charge in [0, 0.05) is 13.1 Å². The van der Waals surface area contributed by atoms with Gasteiger partial charge in [0.2, 0.25) is 5.91 Å². The van der Waals surface area contributed by atoms with Gasteiger partial charge < -0.3 is 14.7 Å². The molecule has 0 radical (unpaired) electrons. The number of nitrogens with zero attached hydrogens (tertiary/aromatic N) is 1. The first-order chi connectivity index (χ1) is 9.03. The summed E-state index contributed by atoms with van der Waals surface area (Å²) in [7, 11) is 1.61.